The number of carbonyl (C=O) groups excluding carboxylic acids is 1. The van der Waals surface area contributed by atoms with E-state index in [0.717, 1.165) is 29.7 Å². The Morgan fingerprint density at radius 2 is 2.29 bits per heavy atom. The van der Waals surface area contributed by atoms with Gasteiger partial charge in [0, 0.05) is 35.8 Å². The second kappa shape index (κ2) is 8.92. The summed E-state index contributed by atoms with van der Waals surface area (Å²) in [5.74, 6) is -0.229. The monoisotopic (exact) mass is 424 g/mol. The molecule has 1 atom stereocenters. The topological polar surface area (TPSA) is 41.6 Å². The van der Waals surface area contributed by atoms with Crippen molar-refractivity contribution in [2.24, 2.45) is 0 Å². The summed E-state index contributed by atoms with van der Waals surface area (Å²) >= 11 is 2.25. The van der Waals surface area contributed by atoms with E-state index in [0.29, 0.717) is 18.2 Å². The molecular weight excluding hydrogens is 403 g/mol. The highest BCUT2D eigenvalue weighted by Gasteiger charge is 2.19. The standard InChI is InChI=1S/C15H21IN2O2.ClH/c1-3-20-15(19)13-6-4-5-12(14(13)16)10-18-8-7-17-11(2)9-18;/h4-6,11,17H,3,7-10H2,1-2H3;1H/t11-;/m1./s1. The number of nitrogens with one attached hydrogen (secondary N) is 1. The van der Waals surface area contributed by atoms with Crippen LogP contribution in [0.3, 0.4) is 0 Å². The third kappa shape index (κ3) is 5.09. The molecule has 1 saturated heterocycles. The number of esters is 1. The van der Waals surface area contributed by atoms with Crippen molar-refractivity contribution in [2.45, 2.75) is 26.4 Å². The summed E-state index contributed by atoms with van der Waals surface area (Å²) in [7, 11) is 0. The highest BCUT2D eigenvalue weighted by molar-refractivity contribution is 14.1. The highest BCUT2D eigenvalue weighted by atomic mass is 127. The Bertz CT molecular complexity index is 485. The minimum atomic E-state index is -0.229. The minimum Gasteiger partial charge on any atom is -0.462 e. The molecule has 0 radical (unpaired) electrons. The number of hydrogen-bond acceptors (Lipinski definition) is 4. The van der Waals surface area contributed by atoms with Gasteiger partial charge in [-0.05, 0) is 48.1 Å². The van der Waals surface area contributed by atoms with Crippen LogP contribution in [0.2, 0.25) is 0 Å². The lowest BCUT2D eigenvalue weighted by Crippen LogP contribution is -2.48. The Labute approximate surface area is 146 Å². The Balaban J connectivity index is 0.00000220. The number of halogens is 2. The SMILES string of the molecule is CCOC(=O)c1cccc(CN2CCN[C@H](C)C2)c1I.Cl. The van der Waals surface area contributed by atoms with E-state index in [2.05, 4.69) is 45.8 Å². The van der Waals surface area contributed by atoms with Gasteiger partial charge in [-0.1, -0.05) is 12.1 Å². The van der Waals surface area contributed by atoms with Gasteiger partial charge in [0.25, 0.3) is 0 Å². The van der Waals surface area contributed by atoms with Crippen molar-refractivity contribution in [3.05, 3.63) is 32.9 Å². The van der Waals surface area contributed by atoms with E-state index in [1.54, 1.807) is 0 Å². The third-order valence-electron chi connectivity index (χ3n) is 3.42. The van der Waals surface area contributed by atoms with Crippen LogP contribution in [0.15, 0.2) is 18.2 Å². The Morgan fingerprint density at radius 1 is 1.52 bits per heavy atom. The van der Waals surface area contributed by atoms with Gasteiger partial charge in [-0.2, -0.15) is 0 Å². The van der Waals surface area contributed by atoms with Crippen LogP contribution in [0.5, 0.6) is 0 Å². The number of piperazine rings is 1. The van der Waals surface area contributed by atoms with Gasteiger partial charge in [0.2, 0.25) is 0 Å². The molecule has 1 N–H and O–H groups in total. The van der Waals surface area contributed by atoms with Crippen LogP contribution in [0, 0.1) is 3.57 Å². The van der Waals surface area contributed by atoms with Crippen molar-refractivity contribution in [1.82, 2.24) is 10.2 Å². The molecule has 0 saturated carbocycles. The zero-order chi connectivity index (χ0) is 14.5. The molecule has 6 heteroatoms. The lowest BCUT2D eigenvalue weighted by molar-refractivity contribution is 0.0524. The average Bonchev–Trinajstić information content (AvgIpc) is 2.41. The third-order valence-corrected chi connectivity index (χ3v) is 4.69. The molecule has 0 bridgehead atoms. The molecule has 1 heterocycles. The summed E-state index contributed by atoms with van der Waals surface area (Å²) in [5.41, 5.74) is 1.87. The zero-order valence-corrected chi connectivity index (χ0v) is 15.4. The van der Waals surface area contributed by atoms with Crippen LogP contribution in [0.4, 0.5) is 0 Å². The van der Waals surface area contributed by atoms with Crippen LogP contribution in [-0.2, 0) is 11.3 Å². The zero-order valence-electron chi connectivity index (χ0n) is 12.4. The number of hydrogen-bond donors (Lipinski definition) is 1. The normalized spacial score (nSPS) is 18.9. The minimum absolute atomic E-state index is 0. The second-order valence-corrected chi connectivity index (χ2v) is 6.17. The van der Waals surface area contributed by atoms with Gasteiger partial charge < -0.3 is 10.1 Å². The first-order valence-electron chi connectivity index (χ1n) is 7.02. The summed E-state index contributed by atoms with van der Waals surface area (Å²) < 4.78 is 6.11. The van der Waals surface area contributed by atoms with E-state index in [4.69, 9.17) is 4.74 Å². The van der Waals surface area contributed by atoms with E-state index in [9.17, 15) is 4.79 Å². The predicted molar refractivity (Wildman–Crippen MR) is 95.1 cm³/mol. The fourth-order valence-electron chi connectivity index (χ4n) is 2.47. The van der Waals surface area contributed by atoms with Crippen LogP contribution in [-0.4, -0.2) is 43.2 Å². The maximum Gasteiger partial charge on any atom is 0.339 e. The smallest absolute Gasteiger partial charge is 0.339 e. The molecule has 0 aliphatic carbocycles. The van der Waals surface area contributed by atoms with Crippen LogP contribution in [0.25, 0.3) is 0 Å². The van der Waals surface area contributed by atoms with Crippen LogP contribution >= 0.6 is 35.0 Å². The molecule has 4 nitrogen and oxygen atoms in total. The van der Waals surface area contributed by atoms with E-state index < -0.39 is 0 Å². The Kier molecular flexibility index (Phi) is 7.94. The molecule has 2 rings (SSSR count). The first-order chi connectivity index (χ1) is 9.61. The van der Waals surface area contributed by atoms with Crippen molar-refractivity contribution < 1.29 is 9.53 Å². The summed E-state index contributed by atoms with van der Waals surface area (Å²) in [6.07, 6.45) is 0. The molecule has 1 aliphatic rings. The number of nitrogens with zero attached hydrogens (tertiary/aromatic N) is 1. The van der Waals surface area contributed by atoms with Crippen molar-refractivity contribution in [3.63, 3.8) is 0 Å². The van der Waals surface area contributed by atoms with Gasteiger partial charge in [-0.3, -0.25) is 4.90 Å². The lowest BCUT2D eigenvalue weighted by atomic mass is 10.1. The Hall–Kier alpha value is -0.370. The first kappa shape index (κ1) is 18.7. The highest BCUT2D eigenvalue weighted by Crippen LogP contribution is 2.20. The average molecular weight is 425 g/mol. The molecule has 0 amide bonds. The second-order valence-electron chi connectivity index (χ2n) is 5.09. The van der Waals surface area contributed by atoms with E-state index in [-0.39, 0.29) is 18.4 Å². The molecule has 1 aromatic rings. The predicted octanol–water partition coefficient (Wildman–Crippen LogP) is 2.68. The molecule has 21 heavy (non-hydrogen) atoms. The molecule has 1 aliphatic heterocycles. The van der Waals surface area contributed by atoms with Gasteiger partial charge in [-0.25, -0.2) is 4.79 Å². The largest absolute Gasteiger partial charge is 0.462 e. The van der Waals surface area contributed by atoms with E-state index in [1.165, 1.54) is 5.56 Å². The number of benzene rings is 1. The molecule has 0 spiro atoms. The molecule has 1 fully saturated rings. The van der Waals surface area contributed by atoms with Crippen LogP contribution in [0.1, 0.15) is 29.8 Å². The van der Waals surface area contributed by atoms with Crippen molar-refractivity contribution in [1.29, 1.82) is 0 Å². The summed E-state index contributed by atoms with van der Waals surface area (Å²) in [6.45, 7) is 8.44. The number of rotatable bonds is 4. The Morgan fingerprint density at radius 3 is 2.95 bits per heavy atom. The van der Waals surface area contributed by atoms with Crippen molar-refractivity contribution >= 4 is 41.0 Å². The van der Waals surface area contributed by atoms with Crippen molar-refractivity contribution in [3.8, 4) is 0 Å². The molecule has 0 unspecified atom stereocenters. The molecular formula is C15H22ClIN2O2. The maximum atomic E-state index is 11.9. The van der Waals surface area contributed by atoms with Crippen molar-refractivity contribution in [2.75, 3.05) is 26.2 Å². The summed E-state index contributed by atoms with van der Waals surface area (Å²) in [6, 6.07) is 6.39. The van der Waals surface area contributed by atoms with Gasteiger partial charge in [0.1, 0.15) is 0 Å². The molecule has 118 valence electrons. The van der Waals surface area contributed by atoms with Gasteiger partial charge >= 0.3 is 5.97 Å². The molecule has 1 aromatic carbocycles. The van der Waals surface area contributed by atoms with E-state index in [1.807, 2.05) is 19.1 Å². The fraction of sp³-hybridized carbons (Fsp3) is 0.533. The van der Waals surface area contributed by atoms with Gasteiger partial charge in [0.05, 0.1) is 12.2 Å². The number of carbonyl (C=O) groups is 1. The lowest BCUT2D eigenvalue weighted by Gasteiger charge is -2.32. The van der Waals surface area contributed by atoms with Gasteiger partial charge in [0.15, 0.2) is 0 Å². The summed E-state index contributed by atoms with van der Waals surface area (Å²) in [4.78, 5) is 14.3. The maximum absolute atomic E-state index is 11.9. The van der Waals surface area contributed by atoms with Crippen LogP contribution < -0.4 is 5.32 Å². The first-order valence-corrected chi connectivity index (χ1v) is 8.10. The quantitative estimate of drug-likeness (QED) is 0.596. The summed E-state index contributed by atoms with van der Waals surface area (Å²) in [5, 5.41) is 3.44. The van der Waals surface area contributed by atoms with E-state index >= 15 is 0 Å². The number of ether oxygens (including phenoxy) is 1. The molecule has 0 aromatic heterocycles. The fourth-order valence-corrected chi connectivity index (χ4v) is 3.22. The van der Waals surface area contributed by atoms with Gasteiger partial charge in [-0.15, -0.1) is 12.4 Å².